The van der Waals surface area contributed by atoms with Gasteiger partial charge in [0.05, 0.1) is 0 Å². The summed E-state index contributed by atoms with van der Waals surface area (Å²) in [4.78, 5) is 14.4. The standard InChI is InChI=1S/C16H30N2O/c1-3-13-8-9-16(19)18(11-10-13)12-15(17-2)14-6-4-5-7-14/h13-15,17H,3-12H2,1-2H3. The SMILES string of the molecule is CCC1CCC(=O)N(CC(NC)C2CCCC2)CC1. The van der Waals surface area contributed by atoms with Crippen LogP contribution in [-0.2, 0) is 4.79 Å². The van der Waals surface area contributed by atoms with Crippen LogP contribution in [0, 0.1) is 11.8 Å². The smallest absolute Gasteiger partial charge is 0.222 e. The van der Waals surface area contributed by atoms with E-state index in [1.807, 2.05) is 0 Å². The lowest BCUT2D eigenvalue weighted by molar-refractivity contribution is -0.131. The van der Waals surface area contributed by atoms with Crippen LogP contribution in [0.1, 0.15) is 58.3 Å². The molecule has 1 aliphatic carbocycles. The van der Waals surface area contributed by atoms with Gasteiger partial charge in [0.15, 0.2) is 0 Å². The summed E-state index contributed by atoms with van der Waals surface area (Å²) in [6.45, 7) is 4.15. The number of carbonyl (C=O) groups excluding carboxylic acids is 1. The summed E-state index contributed by atoms with van der Waals surface area (Å²) in [7, 11) is 2.06. The Labute approximate surface area is 118 Å². The van der Waals surface area contributed by atoms with Gasteiger partial charge < -0.3 is 10.2 Å². The lowest BCUT2D eigenvalue weighted by atomic mass is 9.97. The van der Waals surface area contributed by atoms with Gasteiger partial charge in [-0.05, 0) is 44.6 Å². The summed E-state index contributed by atoms with van der Waals surface area (Å²) in [6, 6.07) is 0.504. The quantitative estimate of drug-likeness (QED) is 0.830. The third kappa shape index (κ3) is 3.95. The Hall–Kier alpha value is -0.570. The van der Waals surface area contributed by atoms with Crippen molar-refractivity contribution >= 4 is 5.91 Å². The fourth-order valence-electron chi connectivity index (χ4n) is 3.77. The Balaban J connectivity index is 1.90. The van der Waals surface area contributed by atoms with E-state index in [1.165, 1.54) is 38.5 Å². The molecule has 1 saturated heterocycles. The number of nitrogens with zero attached hydrogens (tertiary/aromatic N) is 1. The molecule has 2 fully saturated rings. The number of hydrogen-bond acceptors (Lipinski definition) is 2. The van der Waals surface area contributed by atoms with Gasteiger partial charge in [0, 0.05) is 25.6 Å². The van der Waals surface area contributed by atoms with E-state index < -0.39 is 0 Å². The fourth-order valence-corrected chi connectivity index (χ4v) is 3.77. The van der Waals surface area contributed by atoms with Crippen LogP contribution in [-0.4, -0.2) is 37.0 Å². The average molecular weight is 266 g/mol. The van der Waals surface area contributed by atoms with Crippen LogP contribution in [0.15, 0.2) is 0 Å². The number of likely N-dealkylation sites (tertiary alicyclic amines) is 1. The van der Waals surface area contributed by atoms with Crippen molar-refractivity contribution in [2.75, 3.05) is 20.1 Å². The van der Waals surface area contributed by atoms with Crippen LogP contribution in [0.5, 0.6) is 0 Å². The molecular weight excluding hydrogens is 236 g/mol. The van der Waals surface area contributed by atoms with E-state index in [1.54, 1.807) is 0 Å². The molecule has 2 aliphatic rings. The second kappa shape index (κ2) is 7.28. The van der Waals surface area contributed by atoms with Crippen molar-refractivity contribution in [1.29, 1.82) is 0 Å². The summed E-state index contributed by atoms with van der Waals surface area (Å²) in [6.07, 6.45) is 9.70. The summed E-state index contributed by atoms with van der Waals surface area (Å²) in [5.41, 5.74) is 0. The second-order valence-electron chi connectivity index (χ2n) is 6.38. The molecule has 3 nitrogen and oxygen atoms in total. The maximum atomic E-state index is 12.2. The van der Waals surface area contributed by atoms with Gasteiger partial charge >= 0.3 is 0 Å². The predicted octanol–water partition coefficient (Wildman–Crippen LogP) is 2.80. The highest BCUT2D eigenvalue weighted by Crippen LogP contribution is 2.29. The lowest BCUT2D eigenvalue weighted by Crippen LogP contribution is -2.45. The van der Waals surface area contributed by atoms with Crippen molar-refractivity contribution in [1.82, 2.24) is 10.2 Å². The van der Waals surface area contributed by atoms with E-state index in [9.17, 15) is 4.79 Å². The van der Waals surface area contributed by atoms with Crippen molar-refractivity contribution in [2.45, 2.75) is 64.3 Å². The fraction of sp³-hybridized carbons (Fsp3) is 0.938. The Morgan fingerprint density at radius 1 is 1.26 bits per heavy atom. The molecule has 0 aromatic heterocycles. The summed E-state index contributed by atoms with van der Waals surface area (Å²) in [5, 5.41) is 3.46. The van der Waals surface area contributed by atoms with Crippen LogP contribution < -0.4 is 5.32 Å². The first-order chi connectivity index (χ1) is 9.24. The molecule has 0 aromatic rings. The summed E-state index contributed by atoms with van der Waals surface area (Å²) < 4.78 is 0. The van der Waals surface area contributed by atoms with Crippen LogP contribution in [0.3, 0.4) is 0 Å². The number of hydrogen-bond donors (Lipinski definition) is 1. The van der Waals surface area contributed by atoms with Crippen LogP contribution in [0.4, 0.5) is 0 Å². The highest BCUT2D eigenvalue weighted by molar-refractivity contribution is 5.76. The van der Waals surface area contributed by atoms with Crippen molar-refractivity contribution < 1.29 is 4.79 Å². The van der Waals surface area contributed by atoms with Gasteiger partial charge in [0.25, 0.3) is 0 Å². The highest BCUT2D eigenvalue weighted by Gasteiger charge is 2.28. The number of likely N-dealkylation sites (N-methyl/N-ethyl adjacent to an activating group) is 1. The maximum absolute atomic E-state index is 12.2. The van der Waals surface area contributed by atoms with E-state index in [0.717, 1.165) is 37.8 Å². The molecule has 1 amide bonds. The molecule has 0 aromatic carbocycles. The molecule has 2 rings (SSSR count). The minimum Gasteiger partial charge on any atom is -0.341 e. The van der Waals surface area contributed by atoms with Gasteiger partial charge in [0.1, 0.15) is 0 Å². The zero-order valence-electron chi connectivity index (χ0n) is 12.7. The Morgan fingerprint density at radius 3 is 2.63 bits per heavy atom. The number of nitrogens with one attached hydrogen (secondary N) is 1. The van der Waals surface area contributed by atoms with E-state index in [0.29, 0.717) is 11.9 Å². The molecule has 2 atom stereocenters. The average Bonchev–Trinajstić information content (AvgIpc) is 2.89. The molecule has 1 aliphatic heterocycles. The highest BCUT2D eigenvalue weighted by atomic mass is 16.2. The predicted molar refractivity (Wildman–Crippen MR) is 79.0 cm³/mol. The normalized spacial score (nSPS) is 27.6. The lowest BCUT2D eigenvalue weighted by Gasteiger charge is -2.30. The Bertz CT molecular complexity index is 286. The molecule has 3 heteroatoms. The minimum absolute atomic E-state index is 0.384. The summed E-state index contributed by atoms with van der Waals surface area (Å²) in [5.74, 6) is 1.92. The van der Waals surface area contributed by atoms with Crippen LogP contribution in [0.2, 0.25) is 0 Å². The first-order valence-electron chi connectivity index (χ1n) is 8.19. The molecule has 110 valence electrons. The first kappa shape index (κ1) is 14.8. The molecule has 19 heavy (non-hydrogen) atoms. The van der Waals surface area contributed by atoms with E-state index in [2.05, 4.69) is 24.2 Å². The first-order valence-corrected chi connectivity index (χ1v) is 8.19. The Morgan fingerprint density at radius 2 is 2.00 bits per heavy atom. The Kier molecular flexibility index (Phi) is 5.68. The molecular formula is C16H30N2O. The van der Waals surface area contributed by atoms with Gasteiger partial charge in [-0.25, -0.2) is 0 Å². The zero-order chi connectivity index (χ0) is 13.7. The van der Waals surface area contributed by atoms with Crippen molar-refractivity contribution in [3.63, 3.8) is 0 Å². The third-order valence-electron chi connectivity index (χ3n) is 5.26. The van der Waals surface area contributed by atoms with E-state index in [-0.39, 0.29) is 0 Å². The molecule has 1 N–H and O–H groups in total. The second-order valence-corrected chi connectivity index (χ2v) is 6.38. The van der Waals surface area contributed by atoms with Gasteiger partial charge in [-0.15, -0.1) is 0 Å². The minimum atomic E-state index is 0.384. The van der Waals surface area contributed by atoms with E-state index in [4.69, 9.17) is 0 Å². The third-order valence-corrected chi connectivity index (χ3v) is 5.26. The molecule has 1 heterocycles. The molecule has 0 spiro atoms. The van der Waals surface area contributed by atoms with Crippen LogP contribution in [0.25, 0.3) is 0 Å². The topological polar surface area (TPSA) is 32.3 Å². The molecule has 0 radical (unpaired) electrons. The zero-order valence-corrected chi connectivity index (χ0v) is 12.7. The number of amides is 1. The molecule has 2 unspecified atom stereocenters. The van der Waals surface area contributed by atoms with Crippen LogP contribution >= 0.6 is 0 Å². The number of rotatable bonds is 5. The molecule has 1 saturated carbocycles. The van der Waals surface area contributed by atoms with Gasteiger partial charge in [-0.2, -0.15) is 0 Å². The van der Waals surface area contributed by atoms with Gasteiger partial charge in [0.2, 0.25) is 5.91 Å². The van der Waals surface area contributed by atoms with Crippen molar-refractivity contribution in [3.05, 3.63) is 0 Å². The van der Waals surface area contributed by atoms with Gasteiger partial charge in [-0.1, -0.05) is 26.2 Å². The van der Waals surface area contributed by atoms with E-state index >= 15 is 0 Å². The largest absolute Gasteiger partial charge is 0.341 e. The maximum Gasteiger partial charge on any atom is 0.222 e. The van der Waals surface area contributed by atoms with Gasteiger partial charge in [-0.3, -0.25) is 4.79 Å². The number of carbonyl (C=O) groups is 1. The molecule has 0 bridgehead atoms. The van der Waals surface area contributed by atoms with Crippen molar-refractivity contribution in [2.24, 2.45) is 11.8 Å². The van der Waals surface area contributed by atoms with Crippen molar-refractivity contribution in [3.8, 4) is 0 Å². The monoisotopic (exact) mass is 266 g/mol. The summed E-state index contributed by atoms with van der Waals surface area (Å²) >= 11 is 0.